The van der Waals surface area contributed by atoms with Crippen molar-refractivity contribution in [2.75, 3.05) is 5.75 Å². The fourth-order valence-electron chi connectivity index (χ4n) is 1.49. The molecule has 5 heteroatoms. The molecule has 0 bridgehead atoms. The molecular weight excluding hydrogens is 273 g/mol. The highest BCUT2D eigenvalue weighted by Crippen LogP contribution is 2.29. The number of carbonyl (C=O) groups is 1. The third-order valence-electron chi connectivity index (χ3n) is 2.76. The van der Waals surface area contributed by atoms with Crippen molar-refractivity contribution in [2.45, 2.75) is 38.1 Å². The molecule has 0 heterocycles. The van der Waals surface area contributed by atoms with Crippen LogP contribution < -0.4 is 0 Å². The van der Waals surface area contributed by atoms with Gasteiger partial charge in [-0.25, -0.2) is 0 Å². The maximum absolute atomic E-state index is 12.5. The van der Waals surface area contributed by atoms with E-state index in [-0.39, 0.29) is 12.2 Å². The van der Waals surface area contributed by atoms with E-state index in [0.717, 1.165) is 18.6 Å². The van der Waals surface area contributed by atoms with E-state index in [9.17, 15) is 18.0 Å². The largest absolute Gasteiger partial charge is 0.416 e. The van der Waals surface area contributed by atoms with Crippen LogP contribution in [0.4, 0.5) is 13.2 Å². The molecule has 0 aliphatic carbocycles. The number of Topliss-reactive ketones (excluding diaryl/α,β-unsaturated/α-hetero) is 1. The first-order chi connectivity index (χ1) is 8.82. The summed E-state index contributed by atoms with van der Waals surface area (Å²) in [5.41, 5.74) is -0.281. The molecule has 1 rings (SSSR count). The molecule has 0 aliphatic heterocycles. The van der Waals surface area contributed by atoms with Gasteiger partial charge < -0.3 is 0 Å². The number of hydrogen-bond acceptors (Lipinski definition) is 2. The van der Waals surface area contributed by atoms with Gasteiger partial charge in [0.25, 0.3) is 0 Å². The van der Waals surface area contributed by atoms with Gasteiger partial charge in [0.05, 0.1) is 11.3 Å². The lowest BCUT2D eigenvalue weighted by Crippen LogP contribution is -2.10. The lowest BCUT2D eigenvalue weighted by Gasteiger charge is -2.09. The van der Waals surface area contributed by atoms with Gasteiger partial charge in [-0.15, -0.1) is 0 Å². The highest BCUT2D eigenvalue weighted by Gasteiger charge is 2.30. The third-order valence-corrected chi connectivity index (χ3v) is 4.15. The van der Waals surface area contributed by atoms with Crippen molar-refractivity contribution in [2.24, 2.45) is 0 Å². The van der Waals surface area contributed by atoms with Crippen LogP contribution in [0.5, 0.6) is 0 Å². The molecule has 1 aromatic carbocycles. The van der Waals surface area contributed by atoms with Gasteiger partial charge in [-0.05, 0) is 18.1 Å². The zero-order valence-electron chi connectivity index (χ0n) is 11.0. The summed E-state index contributed by atoms with van der Waals surface area (Å²) in [6.07, 6.45) is -3.32. The number of ketones is 1. The average molecular weight is 290 g/mol. The molecule has 0 spiro atoms. The van der Waals surface area contributed by atoms with E-state index in [1.807, 2.05) is 13.8 Å². The summed E-state index contributed by atoms with van der Waals surface area (Å²) in [7, 11) is 0. The predicted octanol–water partition coefficient (Wildman–Crippen LogP) is 4.35. The molecule has 0 amide bonds. The molecule has 0 saturated heterocycles. The standard InChI is InChI=1S/C14H17F3OS/c1-3-10(2)19-9-13(18)8-11-5-4-6-12(7-11)14(15,16)17/h4-7,10H,3,8-9H2,1-2H3. The summed E-state index contributed by atoms with van der Waals surface area (Å²) < 4.78 is 37.5. The Bertz CT molecular complexity index is 429. The van der Waals surface area contributed by atoms with Gasteiger partial charge in [0.1, 0.15) is 5.78 Å². The van der Waals surface area contributed by atoms with E-state index >= 15 is 0 Å². The summed E-state index contributed by atoms with van der Waals surface area (Å²) >= 11 is 1.54. The van der Waals surface area contributed by atoms with Crippen molar-refractivity contribution in [3.63, 3.8) is 0 Å². The van der Waals surface area contributed by atoms with Crippen LogP contribution in [-0.4, -0.2) is 16.8 Å². The molecule has 19 heavy (non-hydrogen) atoms. The first-order valence-corrected chi connectivity index (χ1v) is 7.17. The zero-order chi connectivity index (χ0) is 14.5. The van der Waals surface area contributed by atoms with Gasteiger partial charge >= 0.3 is 6.18 Å². The Kier molecular flexibility index (Phi) is 5.91. The van der Waals surface area contributed by atoms with E-state index in [0.29, 0.717) is 16.6 Å². The highest BCUT2D eigenvalue weighted by atomic mass is 32.2. The van der Waals surface area contributed by atoms with E-state index in [4.69, 9.17) is 0 Å². The second kappa shape index (κ2) is 6.98. The third kappa shape index (κ3) is 5.68. The normalized spacial score (nSPS) is 13.3. The second-order valence-corrected chi connectivity index (χ2v) is 5.87. The summed E-state index contributed by atoms with van der Waals surface area (Å²) in [6.45, 7) is 4.07. The first-order valence-electron chi connectivity index (χ1n) is 6.12. The predicted molar refractivity (Wildman–Crippen MR) is 72.4 cm³/mol. The quantitative estimate of drug-likeness (QED) is 0.775. The van der Waals surface area contributed by atoms with Gasteiger partial charge in [0.2, 0.25) is 0 Å². The maximum Gasteiger partial charge on any atom is 0.416 e. The summed E-state index contributed by atoms with van der Waals surface area (Å²) in [5.74, 6) is 0.315. The lowest BCUT2D eigenvalue weighted by molar-refractivity contribution is -0.137. The van der Waals surface area contributed by atoms with Gasteiger partial charge in [-0.3, -0.25) is 4.79 Å². The molecule has 1 unspecified atom stereocenters. The molecule has 0 radical (unpaired) electrons. The minimum absolute atomic E-state index is 0.0374. The molecule has 0 saturated carbocycles. The fourth-order valence-corrected chi connectivity index (χ4v) is 2.30. The molecule has 1 atom stereocenters. The summed E-state index contributed by atoms with van der Waals surface area (Å²) in [4.78, 5) is 11.7. The van der Waals surface area contributed by atoms with Gasteiger partial charge in [-0.1, -0.05) is 32.0 Å². The van der Waals surface area contributed by atoms with Crippen LogP contribution in [0.2, 0.25) is 0 Å². The van der Waals surface area contributed by atoms with E-state index in [2.05, 4.69) is 0 Å². The Morgan fingerprint density at radius 1 is 1.37 bits per heavy atom. The van der Waals surface area contributed by atoms with Crippen LogP contribution in [0.15, 0.2) is 24.3 Å². The Hall–Kier alpha value is -0.970. The monoisotopic (exact) mass is 290 g/mol. The molecule has 0 fully saturated rings. The van der Waals surface area contributed by atoms with Crippen molar-refractivity contribution in [1.82, 2.24) is 0 Å². The number of carbonyl (C=O) groups excluding carboxylic acids is 1. The van der Waals surface area contributed by atoms with Crippen molar-refractivity contribution in [1.29, 1.82) is 0 Å². The smallest absolute Gasteiger partial charge is 0.298 e. The van der Waals surface area contributed by atoms with Crippen LogP contribution in [-0.2, 0) is 17.4 Å². The highest BCUT2D eigenvalue weighted by molar-refractivity contribution is 8.00. The molecule has 0 N–H and O–H groups in total. The van der Waals surface area contributed by atoms with E-state index < -0.39 is 11.7 Å². The fraction of sp³-hybridized carbons (Fsp3) is 0.500. The SMILES string of the molecule is CCC(C)SCC(=O)Cc1cccc(C(F)(F)F)c1. The Morgan fingerprint density at radius 3 is 2.63 bits per heavy atom. The summed E-state index contributed by atoms with van der Waals surface area (Å²) in [6, 6.07) is 4.96. The number of thioether (sulfide) groups is 1. The number of rotatable bonds is 6. The van der Waals surface area contributed by atoms with Gasteiger partial charge in [0.15, 0.2) is 0 Å². The molecule has 106 valence electrons. The van der Waals surface area contributed by atoms with Crippen LogP contribution in [0.1, 0.15) is 31.4 Å². The Morgan fingerprint density at radius 2 is 2.05 bits per heavy atom. The molecule has 0 aliphatic rings. The molecule has 1 nitrogen and oxygen atoms in total. The number of halogens is 3. The minimum Gasteiger partial charge on any atom is -0.298 e. The van der Waals surface area contributed by atoms with E-state index in [1.165, 1.54) is 6.07 Å². The van der Waals surface area contributed by atoms with Crippen LogP contribution in [0.3, 0.4) is 0 Å². The number of hydrogen-bond donors (Lipinski definition) is 0. The van der Waals surface area contributed by atoms with Crippen molar-refractivity contribution >= 4 is 17.5 Å². The van der Waals surface area contributed by atoms with Gasteiger partial charge in [0, 0.05) is 11.7 Å². The van der Waals surface area contributed by atoms with Crippen molar-refractivity contribution in [3.8, 4) is 0 Å². The maximum atomic E-state index is 12.5. The second-order valence-electron chi connectivity index (χ2n) is 4.44. The number of alkyl halides is 3. The summed E-state index contributed by atoms with van der Waals surface area (Å²) in [5, 5.41) is 0.394. The molecule has 1 aromatic rings. The van der Waals surface area contributed by atoms with Crippen LogP contribution in [0, 0.1) is 0 Å². The topological polar surface area (TPSA) is 17.1 Å². The lowest BCUT2D eigenvalue weighted by atomic mass is 10.1. The van der Waals surface area contributed by atoms with Crippen LogP contribution >= 0.6 is 11.8 Å². The number of benzene rings is 1. The Labute approximate surface area is 115 Å². The molecule has 0 aromatic heterocycles. The minimum atomic E-state index is -4.36. The van der Waals surface area contributed by atoms with Crippen molar-refractivity contribution < 1.29 is 18.0 Å². The zero-order valence-corrected chi connectivity index (χ0v) is 11.8. The van der Waals surface area contributed by atoms with Crippen LogP contribution in [0.25, 0.3) is 0 Å². The van der Waals surface area contributed by atoms with Crippen molar-refractivity contribution in [3.05, 3.63) is 35.4 Å². The first kappa shape index (κ1) is 16.1. The molecular formula is C14H17F3OS. The average Bonchev–Trinajstić information content (AvgIpc) is 2.35. The van der Waals surface area contributed by atoms with Gasteiger partial charge in [-0.2, -0.15) is 24.9 Å². The van der Waals surface area contributed by atoms with E-state index in [1.54, 1.807) is 17.8 Å². The Balaban J connectivity index is 2.60.